The number of thioether (sulfide) groups is 1. The second kappa shape index (κ2) is 10.1. The number of benzene rings is 2. The van der Waals surface area contributed by atoms with Crippen LogP contribution in [0.15, 0.2) is 52.3 Å². The fourth-order valence-corrected chi connectivity index (χ4v) is 7.62. The number of para-hydroxylation sites is 1. The highest BCUT2D eigenvalue weighted by Gasteiger charge is 2.33. The number of hydrogen-bond acceptors (Lipinski definition) is 5. The topological polar surface area (TPSA) is 32.8 Å². The van der Waals surface area contributed by atoms with Crippen molar-refractivity contribution in [3.63, 3.8) is 0 Å². The Labute approximate surface area is 200 Å². The van der Waals surface area contributed by atoms with Gasteiger partial charge in [-0.15, -0.1) is 0 Å². The predicted octanol–water partition coefficient (Wildman–Crippen LogP) is 6.21. The first kappa shape index (κ1) is 22.2. The molecule has 0 N–H and O–H groups in total. The second-order valence-electron chi connectivity index (χ2n) is 8.96. The van der Waals surface area contributed by atoms with Gasteiger partial charge in [0.15, 0.2) is 0 Å². The largest absolute Gasteiger partial charge is 0.497 e. The van der Waals surface area contributed by atoms with Crippen LogP contribution in [0, 0.1) is 5.92 Å². The van der Waals surface area contributed by atoms with Gasteiger partial charge in [0.1, 0.15) is 5.75 Å². The van der Waals surface area contributed by atoms with Crippen molar-refractivity contribution in [2.75, 3.05) is 36.6 Å². The van der Waals surface area contributed by atoms with Crippen molar-refractivity contribution < 1.29 is 9.53 Å². The van der Waals surface area contributed by atoms with E-state index in [1.165, 1.54) is 50.9 Å². The first-order valence-corrected chi connectivity index (χ1v) is 13.8. The number of hydrogen-bond donors (Lipinski definition) is 0. The van der Waals surface area contributed by atoms with E-state index in [0.29, 0.717) is 6.42 Å². The lowest BCUT2D eigenvalue weighted by Gasteiger charge is -2.44. The summed E-state index contributed by atoms with van der Waals surface area (Å²) in [6, 6.07) is 15.0. The molecule has 32 heavy (non-hydrogen) atoms. The molecule has 0 bridgehead atoms. The minimum absolute atomic E-state index is 0.169. The molecule has 2 atom stereocenters. The van der Waals surface area contributed by atoms with Crippen LogP contribution in [0.3, 0.4) is 0 Å². The zero-order valence-corrected chi connectivity index (χ0v) is 20.4. The zero-order chi connectivity index (χ0) is 21.9. The number of nitrogens with zero attached hydrogens (tertiary/aromatic N) is 2. The predicted molar refractivity (Wildman–Crippen MR) is 135 cm³/mol. The van der Waals surface area contributed by atoms with Crippen molar-refractivity contribution >= 4 is 40.8 Å². The van der Waals surface area contributed by atoms with Gasteiger partial charge in [-0.25, -0.2) is 0 Å². The summed E-state index contributed by atoms with van der Waals surface area (Å²) >= 11 is 3.70. The van der Waals surface area contributed by atoms with E-state index in [4.69, 9.17) is 4.74 Å². The van der Waals surface area contributed by atoms with Gasteiger partial charge < -0.3 is 9.64 Å². The maximum Gasteiger partial charge on any atom is 0.232 e. The Morgan fingerprint density at radius 2 is 1.91 bits per heavy atom. The Bertz CT molecular complexity index is 965. The summed E-state index contributed by atoms with van der Waals surface area (Å²) in [5, 5.41) is 0. The highest BCUT2D eigenvalue weighted by atomic mass is 32.2. The molecule has 5 rings (SSSR count). The fourth-order valence-electron chi connectivity index (χ4n) is 5.41. The van der Waals surface area contributed by atoms with Gasteiger partial charge in [-0.3, -0.25) is 9.69 Å². The van der Waals surface area contributed by atoms with Crippen LogP contribution in [-0.2, 0) is 4.79 Å². The average Bonchev–Trinajstić information content (AvgIpc) is 2.84. The van der Waals surface area contributed by atoms with Crippen LogP contribution in [0.25, 0.3) is 0 Å². The number of carbonyl (C=O) groups is 1. The average molecular weight is 469 g/mol. The van der Waals surface area contributed by atoms with Crippen molar-refractivity contribution in [3.8, 4) is 5.75 Å². The minimum atomic E-state index is 0.169. The summed E-state index contributed by atoms with van der Waals surface area (Å²) in [5.74, 6) is 3.81. The molecule has 0 aliphatic carbocycles. The smallest absolute Gasteiger partial charge is 0.232 e. The Balaban J connectivity index is 1.24. The maximum atomic E-state index is 13.5. The number of fused-ring (bicyclic) bond motifs is 3. The summed E-state index contributed by atoms with van der Waals surface area (Å²) in [6.07, 6.45) is 7.36. The molecule has 2 aromatic carbocycles. The molecular weight excluding hydrogens is 436 g/mol. The van der Waals surface area contributed by atoms with Crippen LogP contribution in [0.1, 0.15) is 38.5 Å². The number of piperidine rings is 2. The van der Waals surface area contributed by atoms with Gasteiger partial charge in [0.05, 0.1) is 18.5 Å². The first-order valence-electron chi connectivity index (χ1n) is 11.8. The SMILES string of the molecule is COc1ccc2c(c1)N(C(=O)CCSC[C@@H]1CCCN3CCCC[C@H]13)c1ccccc1S2. The van der Waals surface area contributed by atoms with E-state index in [1.54, 1.807) is 18.9 Å². The first-order chi connectivity index (χ1) is 15.7. The van der Waals surface area contributed by atoms with Crippen LogP contribution in [0.2, 0.25) is 0 Å². The minimum Gasteiger partial charge on any atom is -0.497 e. The van der Waals surface area contributed by atoms with Crippen molar-refractivity contribution in [1.29, 1.82) is 0 Å². The van der Waals surface area contributed by atoms with Crippen LogP contribution >= 0.6 is 23.5 Å². The molecule has 2 saturated heterocycles. The van der Waals surface area contributed by atoms with Crippen molar-refractivity contribution in [1.82, 2.24) is 4.90 Å². The van der Waals surface area contributed by atoms with Gasteiger partial charge >= 0.3 is 0 Å². The summed E-state index contributed by atoms with van der Waals surface area (Å²) < 4.78 is 5.45. The molecule has 3 heterocycles. The number of anilines is 2. The number of amides is 1. The van der Waals surface area contributed by atoms with Crippen molar-refractivity contribution in [2.45, 2.75) is 54.4 Å². The lowest BCUT2D eigenvalue weighted by atomic mass is 9.85. The van der Waals surface area contributed by atoms with E-state index in [-0.39, 0.29) is 5.91 Å². The standard InChI is InChI=1S/C26H32N2O2S2/c1-30-20-11-12-25-23(17-20)28(22-9-2-3-10-24(22)32-25)26(29)13-16-31-18-19-7-6-15-27-14-5-4-8-21(19)27/h2-3,9-12,17,19,21H,4-8,13-16,18H2,1H3/t19-,21+/m0/s1. The molecule has 2 fully saturated rings. The molecule has 3 aliphatic heterocycles. The Morgan fingerprint density at radius 1 is 1.06 bits per heavy atom. The van der Waals surface area contributed by atoms with Crippen LogP contribution in [-0.4, -0.2) is 48.6 Å². The van der Waals surface area contributed by atoms with Gasteiger partial charge in [-0.1, -0.05) is 30.3 Å². The summed E-state index contributed by atoms with van der Waals surface area (Å²) in [7, 11) is 1.67. The van der Waals surface area contributed by atoms with Gasteiger partial charge in [-0.2, -0.15) is 11.8 Å². The Hall–Kier alpha value is -1.63. The fraction of sp³-hybridized carbons (Fsp3) is 0.500. The van der Waals surface area contributed by atoms with E-state index >= 15 is 0 Å². The molecule has 6 heteroatoms. The van der Waals surface area contributed by atoms with Crippen LogP contribution in [0.5, 0.6) is 5.75 Å². The summed E-state index contributed by atoms with van der Waals surface area (Å²) in [6.45, 7) is 2.58. The van der Waals surface area contributed by atoms with E-state index in [1.807, 2.05) is 40.9 Å². The third kappa shape index (κ3) is 4.55. The third-order valence-corrected chi connectivity index (χ3v) is 9.29. The highest BCUT2D eigenvalue weighted by molar-refractivity contribution is 7.99. The van der Waals surface area contributed by atoms with Crippen molar-refractivity contribution in [3.05, 3.63) is 42.5 Å². The normalized spacial score (nSPS) is 22.6. The quantitative estimate of drug-likeness (QED) is 0.471. The second-order valence-corrected chi connectivity index (χ2v) is 11.2. The molecule has 0 unspecified atom stereocenters. The highest BCUT2D eigenvalue weighted by Crippen LogP contribution is 2.49. The molecule has 0 saturated carbocycles. The summed E-state index contributed by atoms with van der Waals surface area (Å²) in [4.78, 5) is 20.3. The van der Waals surface area contributed by atoms with Gasteiger partial charge in [0.25, 0.3) is 0 Å². The van der Waals surface area contributed by atoms with E-state index in [2.05, 4.69) is 23.1 Å². The molecule has 2 aromatic rings. The zero-order valence-electron chi connectivity index (χ0n) is 18.8. The molecule has 0 aromatic heterocycles. The maximum absolute atomic E-state index is 13.5. The number of carbonyl (C=O) groups excluding carboxylic acids is 1. The molecule has 3 aliphatic rings. The molecule has 1 amide bonds. The van der Waals surface area contributed by atoms with Gasteiger partial charge in [-0.05, 0) is 74.7 Å². The lowest BCUT2D eigenvalue weighted by Crippen LogP contribution is -2.48. The monoisotopic (exact) mass is 468 g/mol. The number of rotatable bonds is 6. The van der Waals surface area contributed by atoms with Crippen LogP contribution < -0.4 is 9.64 Å². The number of ether oxygens (including phenoxy) is 1. The van der Waals surface area contributed by atoms with Crippen LogP contribution in [0.4, 0.5) is 11.4 Å². The summed E-state index contributed by atoms with van der Waals surface area (Å²) in [5.41, 5.74) is 1.92. The molecule has 0 radical (unpaired) electrons. The number of methoxy groups -OCH3 is 1. The Kier molecular flexibility index (Phi) is 7.00. The van der Waals surface area contributed by atoms with E-state index < -0.39 is 0 Å². The molecule has 170 valence electrons. The molecule has 0 spiro atoms. The van der Waals surface area contributed by atoms with Crippen molar-refractivity contribution in [2.24, 2.45) is 5.92 Å². The molecule has 4 nitrogen and oxygen atoms in total. The Morgan fingerprint density at radius 3 is 2.81 bits per heavy atom. The van der Waals surface area contributed by atoms with E-state index in [9.17, 15) is 4.79 Å². The van der Waals surface area contributed by atoms with Gasteiger partial charge in [0, 0.05) is 34.1 Å². The lowest BCUT2D eigenvalue weighted by molar-refractivity contribution is -0.117. The van der Waals surface area contributed by atoms with E-state index in [0.717, 1.165) is 44.6 Å². The molecular formula is C26H32N2O2S2. The van der Waals surface area contributed by atoms with Gasteiger partial charge in [0.2, 0.25) is 5.91 Å². The third-order valence-electron chi connectivity index (χ3n) is 7.00.